The molecule has 142 valence electrons. The van der Waals surface area contributed by atoms with Crippen LogP contribution in [0.5, 0.6) is 11.5 Å². The summed E-state index contributed by atoms with van der Waals surface area (Å²) in [6.07, 6.45) is 4.72. The molecule has 28 heavy (non-hydrogen) atoms. The molecule has 0 aliphatic carbocycles. The highest BCUT2D eigenvalue weighted by Crippen LogP contribution is 2.22. The Morgan fingerprint density at radius 1 is 0.964 bits per heavy atom. The van der Waals surface area contributed by atoms with Gasteiger partial charge >= 0.3 is 0 Å². The van der Waals surface area contributed by atoms with Crippen molar-refractivity contribution in [3.8, 4) is 11.5 Å². The third kappa shape index (κ3) is 5.48. The van der Waals surface area contributed by atoms with Crippen LogP contribution in [0.4, 0.5) is 0 Å². The average molecular weight is 375 g/mol. The summed E-state index contributed by atoms with van der Waals surface area (Å²) in [5, 5.41) is 2.53. The molecule has 0 aliphatic rings. The van der Waals surface area contributed by atoms with Crippen molar-refractivity contribution in [2.24, 2.45) is 0 Å². The second-order valence-corrected chi connectivity index (χ2v) is 6.24. The number of ketones is 1. The molecule has 6 nitrogen and oxygen atoms in total. The molecule has 2 heterocycles. The number of benzene rings is 1. The van der Waals surface area contributed by atoms with Gasteiger partial charge in [0.25, 0.3) is 5.91 Å². The number of ether oxygens (including phenoxy) is 1. The third-order valence-corrected chi connectivity index (χ3v) is 4.15. The fourth-order valence-electron chi connectivity index (χ4n) is 2.66. The lowest BCUT2D eigenvalue weighted by molar-refractivity contribution is -0.118. The Hall–Kier alpha value is -3.54. The Morgan fingerprint density at radius 2 is 1.79 bits per heavy atom. The number of pyridine rings is 2. The molecule has 1 amide bonds. The number of carbonyl (C=O) groups excluding carboxylic acids is 2. The van der Waals surface area contributed by atoms with E-state index in [1.165, 1.54) is 6.20 Å². The van der Waals surface area contributed by atoms with Gasteiger partial charge in [0, 0.05) is 44.0 Å². The summed E-state index contributed by atoms with van der Waals surface area (Å²) in [4.78, 5) is 31.9. The third-order valence-electron chi connectivity index (χ3n) is 4.15. The quantitative estimate of drug-likeness (QED) is 0.653. The van der Waals surface area contributed by atoms with Crippen LogP contribution in [0, 0.1) is 0 Å². The summed E-state index contributed by atoms with van der Waals surface area (Å²) in [7, 11) is 1.55. The van der Waals surface area contributed by atoms with Crippen LogP contribution in [-0.2, 0) is 17.6 Å². The first-order valence-electron chi connectivity index (χ1n) is 9.00. The van der Waals surface area contributed by atoms with Crippen LogP contribution < -0.4 is 10.1 Å². The van der Waals surface area contributed by atoms with Gasteiger partial charge in [0.05, 0.1) is 0 Å². The van der Waals surface area contributed by atoms with E-state index in [2.05, 4.69) is 15.3 Å². The zero-order valence-corrected chi connectivity index (χ0v) is 15.6. The number of carbonyl (C=O) groups is 2. The van der Waals surface area contributed by atoms with Crippen molar-refractivity contribution in [2.45, 2.75) is 19.3 Å². The molecule has 0 saturated heterocycles. The van der Waals surface area contributed by atoms with Gasteiger partial charge in [0.1, 0.15) is 23.0 Å². The van der Waals surface area contributed by atoms with Crippen LogP contribution in [-0.4, -0.2) is 28.7 Å². The number of Topliss-reactive ketones (excluding diaryl/α,β-unsaturated/α-hetero) is 1. The zero-order chi connectivity index (χ0) is 19.8. The number of hydrogen-bond donors (Lipinski definition) is 1. The van der Waals surface area contributed by atoms with Crippen molar-refractivity contribution in [1.82, 2.24) is 15.3 Å². The Morgan fingerprint density at radius 3 is 2.50 bits per heavy atom. The highest BCUT2D eigenvalue weighted by atomic mass is 16.5. The minimum Gasteiger partial charge on any atom is -0.457 e. The normalized spacial score (nSPS) is 10.3. The van der Waals surface area contributed by atoms with E-state index in [9.17, 15) is 9.59 Å². The standard InChI is InChI=1S/C22H21N3O3/c1-23-22(27)21-15-20(11-13-25-21)28-19-9-6-16(7-10-19)5-8-18(26)14-17-4-2-3-12-24-17/h2-4,6-7,9-13,15H,5,8,14H2,1H3,(H,23,27). The first-order valence-corrected chi connectivity index (χ1v) is 9.00. The summed E-state index contributed by atoms with van der Waals surface area (Å²) in [5.74, 6) is 1.08. The highest BCUT2D eigenvalue weighted by molar-refractivity contribution is 5.92. The van der Waals surface area contributed by atoms with Crippen LogP contribution >= 0.6 is 0 Å². The second-order valence-electron chi connectivity index (χ2n) is 6.24. The van der Waals surface area contributed by atoms with Gasteiger partial charge in [-0.25, -0.2) is 0 Å². The van der Waals surface area contributed by atoms with Gasteiger partial charge in [-0.15, -0.1) is 0 Å². The maximum Gasteiger partial charge on any atom is 0.269 e. The van der Waals surface area contributed by atoms with E-state index in [0.717, 1.165) is 11.3 Å². The van der Waals surface area contributed by atoms with Crippen molar-refractivity contribution >= 4 is 11.7 Å². The summed E-state index contributed by atoms with van der Waals surface area (Å²) in [6, 6.07) is 16.4. The Bertz CT molecular complexity index is 941. The Balaban J connectivity index is 1.53. The van der Waals surface area contributed by atoms with Crippen molar-refractivity contribution in [3.05, 3.63) is 83.9 Å². The van der Waals surface area contributed by atoms with E-state index in [1.807, 2.05) is 42.5 Å². The van der Waals surface area contributed by atoms with E-state index < -0.39 is 0 Å². The van der Waals surface area contributed by atoms with Crippen LogP contribution in [0.3, 0.4) is 0 Å². The van der Waals surface area contributed by atoms with Gasteiger partial charge in [0.2, 0.25) is 0 Å². The first kappa shape index (κ1) is 19.2. The number of nitrogens with zero attached hydrogens (tertiary/aromatic N) is 2. The molecule has 0 fully saturated rings. The summed E-state index contributed by atoms with van der Waals surface area (Å²) in [6.45, 7) is 0. The van der Waals surface area contributed by atoms with Gasteiger partial charge in [-0.3, -0.25) is 19.6 Å². The van der Waals surface area contributed by atoms with E-state index in [4.69, 9.17) is 4.74 Å². The number of aryl methyl sites for hydroxylation is 1. The smallest absolute Gasteiger partial charge is 0.269 e. The second kappa shape index (κ2) is 9.41. The molecule has 0 atom stereocenters. The van der Waals surface area contributed by atoms with E-state index in [0.29, 0.717) is 36.5 Å². The number of aromatic nitrogens is 2. The number of nitrogens with one attached hydrogen (secondary N) is 1. The molecule has 1 aromatic carbocycles. The topological polar surface area (TPSA) is 81.2 Å². The Labute approximate surface area is 163 Å². The highest BCUT2D eigenvalue weighted by Gasteiger charge is 2.08. The molecule has 0 bridgehead atoms. The first-order chi connectivity index (χ1) is 13.6. The predicted octanol–water partition coefficient (Wildman–Crippen LogP) is 3.37. The van der Waals surface area contributed by atoms with Gasteiger partial charge in [0.15, 0.2) is 0 Å². The SMILES string of the molecule is CNC(=O)c1cc(Oc2ccc(CCC(=O)Cc3ccccn3)cc2)ccn1. The molecule has 0 saturated carbocycles. The van der Waals surface area contributed by atoms with Gasteiger partial charge in [-0.2, -0.15) is 0 Å². The number of amides is 1. The van der Waals surface area contributed by atoms with Gasteiger partial charge < -0.3 is 10.1 Å². The van der Waals surface area contributed by atoms with E-state index in [-0.39, 0.29) is 11.7 Å². The lowest BCUT2D eigenvalue weighted by atomic mass is 10.0. The Kier molecular flexibility index (Phi) is 6.46. The molecule has 2 aromatic heterocycles. The molecule has 3 rings (SSSR count). The molecular formula is C22H21N3O3. The van der Waals surface area contributed by atoms with Crippen LogP contribution in [0.1, 0.15) is 28.2 Å². The summed E-state index contributed by atoms with van der Waals surface area (Å²) >= 11 is 0. The van der Waals surface area contributed by atoms with Crippen molar-refractivity contribution < 1.29 is 14.3 Å². The molecule has 6 heteroatoms. The van der Waals surface area contributed by atoms with Crippen molar-refractivity contribution in [3.63, 3.8) is 0 Å². The largest absolute Gasteiger partial charge is 0.457 e. The monoisotopic (exact) mass is 375 g/mol. The molecule has 1 N–H and O–H groups in total. The van der Waals surface area contributed by atoms with Gasteiger partial charge in [-0.05, 0) is 42.3 Å². The van der Waals surface area contributed by atoms with E-state index in [1.54, 1.807) is 25.4 Å². The molecule has 0 unspecified atom stereocenters. The fourth-order valence-corrected chi connectivity index (χ4v) is 2.66. The summed E-state index contributed by atoms with van der Waals surface area (Å²) in [5.41, 5.74) is 2.15. The van der Waals surface area contributed by atoms with Crippen LogP contribution in [0.15, 0.2) is 67.0 Å². The lowest BCUT2D eigenvalue weighted by Crippen LogP contribution is -2.18. The molecule has 3 aromatic rings. The summed E-state index contributed by atoms with van der Waals surface area (Å²) < 4.78 is 5.78. The minimum atomic E-state index is -0.267. The number of hydrogen-bond acceptors (Lipinski definition) is 5. The molecule has 0 radical (unpaired) electrons. The van der Waals surface area contributed by atoms with Crippen LogP contribution in [0.25, 0.3) is 0 Å². The molecule has 0 spiro atoms. The van der Waals surface area contributed by atoms with E-state index >= 15 is 0 Å². The van der Waals surface area contributed by atoms with Crippen molar-refractivity contribution in [1.29, 1.82) is 0 Å². The predicted molar refractivity (Wildman–Crippen MR) is 105 cm³/mol. The average Bonchev–Trinajstić information content (AvgIpc) is 2.73. The lowest BCUT2D eigenvalue weighted by Gasteiger charge is -2.08. The molecular weight excluding hydrogens is 354 g/mol. The maximum atomic E-state index is 12.1. The zero-order valence-electron chi connectivity index (χ0n) is 15.6. The maximum absolute atomic E-state index is 12.1. The van der Waals surface area contributed by atoms with Gasteiger partial charge in [-0.1, -0.05) is 18.2 Å². The minimum absolute atomic E-state index is 0.164. The number of rotatable bonds is 8. The molecule has 0 aliphatic heterocycles. The fraction of sp³-hybridized carbons (Fsp3) is 0.182. The van der Waals surface area contributed by atoms with Crippen LogP contribution in [0.2, 0.25) is 0 Å². The van der Waals surface area contributed by atoms with Crippen molar-refractivity contribution in [2.75, 3.05) is 7.05 Å².